The van der Waals surface area contributed by atoms with Crippen molar-refractivity contribution in [2.45, 2.75) is 25.5 Å². The first-order chi connectivity index (χ1) is 14.6. The van der Waals surface area contributed by atoms with Gasteiger partial charge >= 0.3 is 18.5 Å². The summed E-state index contributed by atoms with van der Waals surface area (Å²) in [7, 11) is 0. The summed E-state index contributed by atoms with van der Waals surface area (Å²) in [6, 6.07) is 0.663. The lowest BCUT2D eigenvalue weighted by molar-refractivity contribution is -0.143. The third kappa shape index (κ3) is 4.74. The minimum atomic E-state index is -5.30. The summed E-state index contributed by atoms with van der Waals surface area (Å²) in [5, 5.41) is 6.01. The van der Waals surface area contributed by atoms with E-state index in [4.69, 9.17) is 0 Å². The molecule has 0 radical (unpaired) electrons. The SMILES string of the molecule is Cc1cs[c-]c1-n1c(Nc2ccc(C(F)(F)F)cc2C(F)(F)F)nc(C(F)(F)F)cc1=O. The maximum atomic E-state index is 13.4. The lowest BCUT2D eigenvalue weighted by Crippen LogP contribution is -2.26. The topological polar surface area (TPSA) is 46.9 Å². The molecule has 3 aromatic rings. The second kappa shape index (κ2) is 7.83. The van der Waals surface area contributed by atoms with Crippen molar-refractivity contribution >= 4 is 23.0 Å². The molecule has 3 rings (SSSR count). The highest BCUT2D eigenvalue weighted by Crippen LogP contribution is 2.40. The third-order valence-electron chi connectivity index (χ3n) is 4.10. The van der Waals surface area contributed by atoms with Gasteiger partial charge in [0.15, 0.2) is 5.69 Å². The molecule has 2 aromatic heterocycles. The van der Waals surface area contributed by atoms with Crippen molar-refractivity contribution in [1.82, 2.24) is 9.55 Å². The molecule has 0 bridgehead atoms. The van der Waals surface area contributed by atoms with Crippen LogP contribution in [0.2, 0.25) is 0 Å². The van der Waals surface area contributed by atoms with Crippen LogP contribution >= 0.6 is 11.3 Å². The van der Waals surface area contributed by atoms with E-state index in [0.29, 0.717) is 22.3 Å². The molecule has 0 aliphatic rings. The van der Waals surface area contributed by atoms with Crippen molar-refractivity contribution in [3.05, 3.63) is 67.8 Å². The summed E-state index contributed by atoms with van der Waals surface area (Å²) in [6.07, 6.45) is -15.5. The Hall–Kier alpha value is -3.03. The van der Waals surface area contributed by atoms with Gasteiger partial charge in [0.2, 0.25) is 5.95 Å². The first-order valence-electron chi connectivity index (χ1n) is 8.32. The Balaban J connectivity index is 2.26. The van der Waals surface area contributed by atoms with Crippen LogP contribution in [0, 0.1) is 12.3 Å². The fourth-order valence-corrected chi connectivity index (χ4v) is 3.36. The van der Waals surface area contributed by atoms with Crippen LogP contribution in [0.3, 0.4) is 0 Å². The summed E-state index contributed by atoms with van der Waals surface area (Å²) in [5.74, 6) is -0.979. The van der Waals surface area contributed by atoms with Crippen LogP contribution in [-0.4, -0.2) is 9.55 Å². The van der Waals surface area contributed by atoms with Gasteiger partial charge in [-0.2, -0.15) is 50.5 Å². The van der Waals surface area contributed by atoms with Crippen LogP contribution in [0.1, 0.15) is 22.4 Å². The number of rotatable bonds is 3. The fourth-order valence-electron chi connectivity index (χ4n) is 2.64. The van der Waals surface area contributed by atoms with Gasteiger partial charge in [-0.1, -0.05) is 18.0 Å². The summed E-state index contributed by atoms with van der Waals surface area (Å²) in [5.41, 5.74) is -7.17. The first-order valence-corrected chi connectivity index (χ1v) is 9.20. The molecule has 0 atom stereocenters. The summed E-state index contributed by atoms with van der Waals surface area (Å²) < 4.78 is 119. The van der Waals surface area contributed by atoms with Gasteiger partial charge in [0.25, 0.3) is 5.56 Å². The molecule has 2 heterocycles. The Morgan fingerprint density at radius 1 is 0.969 bits per heavy atom. The van der Waals surface area contributed by atoms with Crippen molar-refractivity contribution in [3.8, 4) is 5.69 Å². The zero-order chi connectivity index (χ0) is 24.1. The van der Waals surface area contributed by atoms with E-state index in [1.807, 2.05) is 5.32 Å². The maximum absolute atomic E-state index is 13.4. The number of nitrogens with zero attached hydrogens (tertiary/aromatic N) is 2. The fraction of sp³-hybridized carbons (Fsp3) is 0.222. The number of anilines is 2. The van der Waals surface area contributed by atoms with Crippen molar-refractivity contribution in [2.24, 2.45) is 0 Å². The highest BCUT2D eigenvalue weighted by Gasteiger charge is 2.39. The lowest BCUT2D eigenvalue weighted by Gasteiger charge is -2.21. The molecule has 0 aliphatic carbocycles. The highest BCUT2D eigenvalue weighted by atomic mass is 32.1. The van der Waals surface area contributed by atoms with Gasteiger partial charge in [0.1, 0.15) is 0 Å². The zero-order valence-electron chi connectivity index (χ0n) is 15.5. The minimum absolute atomic E-state index is 0.0794. The van der Waals surface area contributed by atoms with Crippen molar-refractivity contribution < 1.29 is 39.5 Å². The van der Waals surface area contributed by atoms with Gasteiger partial charge < -0.3 is 16.7 Å². The van der Waals surface area contributed by atoms with E-state index in [-0.39, 0.29) is 17.8 Å². The smallest absolute Gasteiger partial charge is 0.325 e. The lowest BCUT2D eigenvalue weighted by atomic mass is 10.1. The minimum Gasteiger partial charge on any atom is -0.325 e. The van der Waals surface area contributed by atoms with E-state index >= 15 is 0 Å². The quantitative estimate of drug-likeness (QED) is 0.354. The molecule has 1 N–H and O–H groups in total. The summed E-state index contributed by atoms with van der Waals surface area (Å²) >= 11 is 0.939. The molecule has 0 saturated heterocycles. The highest BCUT2D eigenvalue weighted by molar-refractivity contribution is 7.07. The zero-order valence-corrected chi connectivity index (χ0v) is 16.3. The van der Waals surface area contributed by atoms with Gasteiger partial charge in [-0.3, -0.25) is 9.36 Å². The molecular formula is C18H9F9N3OS-. The molecule has 1 aromatic carbocycles. The van der Waals surface area contributed by atoms with E-state index in [2.05, 4.69) is 10.4 Å². The van der Waals surface area contributed by atoms with E-state index < -0.39 is 52.5 Å². The number of alkyl halides is 9. The molecule has 0 fully saturated rings. The Kier molecular flexibility index (Phi) is 5.78. The van der Waals surface area contributed by atoms with Crippen molar-refractivity contribution in [2.75, 3.05) is 5.32 Å². The second-order valence-corrected chi connectivity index (χ2v) is 7.06. The van der Waals surface area contributed by atoms with Gasteiger partial charge in [0.05, 0.1) is 16.8 Å². The number of aromatic nitrogens is 2. The van der Waals surface area contributed by atoms with Crippen LogP contribution in [0.15, 0.2) is 34.4 Å². The molecular weight excluding hydrogens is 477 g/mol. The van der Waals surface area contributed by atoms with Gasteiger partial charge in [-0.05, 0) is 18.2 Å². The third-order valence-corrected chi connectivity index (χ3v) is 4.88. The van der Waals surface area contributed by atoms with E-state index in [0.717, 1.165) is 11.3 Å². The molecule has 4 nitrogen and oxygen atoms in total. The molecule has 0 saturated carbocycles. The molecule has 0 aliphatic heterocycles. The standard InChI is InChI=1S/C18H9F9N3OS/c1-8-6-32-7-12(8)30-14(31)5-13(18(25,26)27)29-15(30)28-11-3-2-9(16(19,20)21)4-10(11)17(22,23)24/h2-6H,1H3,(H,28,29)/q-1. The predicted octanol–water partition coefficient (Wildman–Crippen LogP) is 6.20. The molecule has 0 spiro atoms. The number of thiophene rings is 1. The Morgan fingerprint density at radius 2 is 1.62 bits per heavy atom. The average Bonchev–Trinajstić information content (AvgIpc) is 3.04. The molecule has 32 heavy (non-hydrogen) atoms. The second-order valence-electron chi connectivity index (χ2n) is 6.39. The monoisotopic (exact) mass is 486 g/mol. The Labute approximate surface area is 176 Å². The predicted molar refractivity (Wildman–Crippen MR) is 96.0 cm³/mol. The summed E-state index contributed by atoms with van der Waals surface area (Å²) in [6.45, 7) is 1.47. The van der Waals surface area contributed by atoms with E-state index in [9.17, 15) is 44.3 Å². The van der Waals surface area contributed by atoms with Crippen LogP contribution < -0.4 is 10.9 Å². The number of hydrogen-bond acceptors (Lipinski definition) is 4. The van der Waals surface area contributed by atoms with Crippen LogP contribution in [0.4, 0.5) is 51.1 Å². The van der Waals surface area contributed by atoms with Gasteiger partial charge in [-0.15, -0.1) is 0 Å². The molecule has 0 unspecified atom stereocenters. The first kappa shape index (κ1) is 23.6. The normalized spacial score (nSPS) is 12.8. The number of aryl methyl sites for hydroxylation is 1. The largest absolute Gasteiger partial charge is 0.433 e. The van der Waals surface area contributed by atoms with E-state index in [1.54, 1.807) is 0 Å². The molecule has 14 heteroatoms. The number of hydrogen-bond donors (Lipinski definition) is 1. The van der Waals surface area contributed by atoms with Crippen molar-refractivity contribution in [1.29, 1.82) is 0 Å². The van der Waals surface area contributed by atoms with Crippen molar-refractivity contribution in [3.63, 3.8) is 0 Å². The van der Waals surface area contributed by atoms with Gasteiger partial charge in [0, 0.05) is 6.07 Å². The Morgan fingerprint density at radius 3 is 2.12 bits per heavy atom. The van der Waals surface area contributed by atoms with Crippen LogP contribution in [0.5, 0.6) is 0 Å². The number of nitrogens with one attached hydrogen (secondary N) is 1. The molecule has 0 amide bonds. The van der Waals surface area contributed by atoms with Crippen LogP contribution in [-0.2, 0) is 18.5 Å². The van der Waals surface area contributed by atoms with Gasteiger partial charge in [-0.25, -0.2) is 4.98 Å². The Bertz CT molecular complexity index is 1210. The number of benzene rings is 1. The molecule has 172 valence electrons. The number of halogens is 9. The summed E-state index contributed by atoms with van der Waals surface area (Å²) in [4.78, 5) is 15.6. The van der Waals surface area contributed by atoms with E-state index in [1.165, 1.54) is 12.3 Å². The van der Waals surface area contributed by atoms with Crippen LogP contribution in [0.25, 0.3) is 5.69 Å². The maximum Gasteiger partial charge on any atom is 0.433 e. The average molecular weight is 486 g/mol.